The van der Waals surface area contributed by atoms with Crippen molar-refractivity contribution in [3.05, 3.63) is 40.8 Å². The Balaban J connectivity index is 2.61. The number of hydrogen-bond donors (Lipinski definition) is 2. The fraction of sp³-hybridized carbons (Fsp3) is 0.438. The number of nitrogens with two attached hydrogens (primary N) is 1. The predicted octanol–water partition coefficient (Wildman–Crippen LogP) is 3.45. The minimum Gasteiger partial charge on any atom is -0.345 e. The highest BCUT2D eigenvalue weighted by molar-refractivity contribution is 5.67. The van der Waals surface area contributed by atoms with Crippen LogP contribution in [0.4, 0.5) is 0 Å². The normalized spacial score (nSPS) is 11.9. The van der Waals surface area contributed by atoms with Gasteiger partial charge in [0.2, 0.25) is 0 Å². The lowest BCUT2D eigenvalue weighted by molar-refractivity contribution is 0.590. The summed E-state index contributed by atoms with van der Waals surface area (Å²) in [5, 5.41) is 0. The first-order chi connectivity index (χ1) is 8.82. The maximum atomic E-state index is 5.80. The molecule has 2 rings (SSSR count). The number of aromatic amines is 1. The van der Waals surface area contributed by atoms with E-state index in [9.17, 15) is 0 Å². The molecule has 0 radical (unpaired) electrons. The Morgan fingerprint density at radius 3 is 2.47 bits per heavy atom. The first-order valence-corrected chi connectivity index (χ1v) is 6.70. The summed E-state index contributed by atoms with van der Waals surface area (Å²) in [5.41, 5.74) is 11.7. The van der Waals surface area contributed by atoms with Crippen molar-refractivity contribution < 1.29 is 0 Å². The minimum absolute atomic E-state index is 0.136. The smallest absolute Gasteiger partial charge is 0.103 e. The van der Waals surface area contributed by atoms with Crippen LogP contribution in [0.1, 0.15) is 43.4 Å². The van der Waals surface area contributed by atoms with Gasteiger partial charge in [0, 0.05) is 12.1 Å². The van der Waals surface area contributed by atoms with Crippen LogP contribution in [0.2, 0.25) is 0 Å². The van der Waals surface area contributed by atoms with E-state index in [0.29, 0.717) is 6.54 Å². The molecule has 1 aromatic carbocycles. The van der Waals surface area contributed by atoms with Crippen LogP contribution in [0, 0.1) is 13.8 Å². The number of benzene rings is 1. The van der Waals surface area contributed by atoms with Crippen molar-refractivity contribution in [1.82, 2.24) is 9.97 Å². The van der Waals surface area contributed by atoms with Gasteiger partial charge < -0.3 is 10.7 Å². The van der Waals surface area contributed by atoms with Crippen molar-refractivity contribution in [2.45, 2.75) is 46.6 Å². The molecule has 0 aliphatic carbocycles. The first kappa shape index (κ1) is 13.8. The number of nitrogens with zero attached hydrogens (tertiary/aromatic N) is 1. The van der Waals surface area contributed by atoms with Crippen molar-refractivity contribution in [3.63, 3.8) is 0 Å². The van der Waals surface area contributed by atoms with Crippen molar-refractivity contribution in [3.8, 4) is 11.3 Å². The second-order valence-corrected chi connectivity index (χ2v) is 6.13. The molecule has 0 spiro atoms. The van der Waals surface area contributed by atoms with E-state index in [1.54, 1.807) is 0 Å². The fourth-order valence-corrected chi connectivity index (χ4v) is 2.25. The van der Waals surface area contributed by atoms with E-state index in [1.165, 1.54) is 16.7 Å². The summed E-state index contributed by atoms with van der Waals surface area (Å²) >= 11 is 0. The van der Waals surface area contributed by atoms with Gasteiger partial charge in [0.15, 0.2) is 0 Å². The lowest BCUT2D eigenvalue weighted by atomic mass is 9.85. The zero-order chi connectivity index (χ0) is 14.2. The Morgan fingerprint density at radius 1 is 1.21 bits per heavy atom. The third-order valence-electron chi connectivity index (χ3n) is 3.46. The van der Waals surface area contributed by atoms with Crippen LogP contribution >= 0.6 is 0 Å². The van der Waals surface area contributed by atoms with Crippen LogP contribution in [0.15, 0.2) is 18.2 Å². The van der Waals surface area contributed by atoms with E-state index >= 15 is 0 Å². The summed E-state index contributed by atoms with van der Waals surface area (Å²) in [5.74, 6) is 0.913. The molecule has 1 aromatic heterocycles. The second-order valence-electron chi connectivity index (χ2n) is 6.13. The number of aromatic nitrogens is 2. The molecular weight excluding hydrogens is 234 g/mol. The molecule has 3 N–H and O–H groups in total. The SMILES string of the molecule is Cc1nc(-c2cc(C(C)(C)C)ccc2C)c(CN)[nH]1. The zero-order valence-electron chi connectivity index (χ0n) is 12.5. The average Bonchev–Trinajstić information content (AvgIpc) is 2.69. The van der Waals surface area contributed by atoms with E-state index < -0.39 is 0 Å². The van der Waals surface area contributed by atoms with E-state index in [1.807, 2.05) is 6.92 Å². The van der Waals surface area contributed by atoms with Crippen molar-refractivity contribution in [2.75, 3.05) is 0 Å². The van der Waals surface area contributed by atoms with Crippen LogP contribution in [0.25, 0.3) is 11.3 Å². The summed E-state index contributed by atoms with van der Waals surface area (Å²) in [7, 11) is 0. The van der Waals surface area contributed by atoms with Gasteiger partial charge in [-0.05, 0) is 36.5 Å². The Labute approximate surface area is 115 Å². The molecule has 3 heteroatoms. The summed E-state index contributed by atoms with van der Waals surface area (Å²) < 4.78 is 0. The molecule has 1 heterocycles. The second kappa shape index (κ2) is 4.82. The molecular formula is C16H23N3. The minimum atomic E-state index is 0.136. The standard InChI is InChI=1S/C16H23N3/c1-10-6-7-12(16(3,4)5)8-13(10)15-14(9-17)18-11(2)19-15/h6-8H,9,17H2,1-5H3,(H,18,19). The van der Waals surface area contributed by atoms with Crippen LogP contribution < -0.4 is 5.73 Å². The van der Waals surface area contributed by atoms with E-state index in [4.69, 9.17) is 5.73 Å². The highest BCUT2D eigenvalue weighted by Gasteiger charge is 2.17. The highest BCUT2D eigenvalue weighted by atomic mass is 14.9. The molecule has 3 nitrogen and oxygen atoms in total. The number of rotatable bonds is 2. The van der Waals surface area contributed by atoms with Gasteiger partial charge >= 0.3 is 0 Å². The van der Waals surface area contributed by atoms with Gasteiger partial charge in [-0.25, -0.2) is 4.98 Å². The number of imidazole rings is 1. The molecule has 2 aromatic rings. The van der Waals surface area contributed by atoms with Crippen LogP contribution in [-0.2, 0) is 12.0 Å². The topological polar surface area (TPSA) is 54.7 Å². The molecule has 102 valence electrons. The maximum Gasteiger partial charge on any atom is 0.103 e. The summed E-state index contributed by atoms with van der Waals surface area (Å²) in [6, 6.07) is 6.60. The molecule has 0 atom stereocenters. The Morgan fingerprint density at radius 2 is 1.89 bits per heavy atom. The zero-order valence-corrected chi connectivity index (χ0v) is 12.5. The fourth-order valence-electron chi connectivity index (χ4n) is 2.25. The summed E-state index contributed by atoms with van der Waals surface area (Å²) in [4.78, 5) is 7.84. The van der Waals surface area contributed by atoms with Gasteiger partial charge in [0.25, 0.3) is 0 Å². The molecule has 0 unspecified atom stereocenters. The van der Waals surface area contributed by atoms with Crippen molar-refractivity contribution in [1.29, 1.82) is 0 Å². The highest BCUT2D eigenvalue weighted by Crippen LogP contribution is 2.30. The summed E-state index contributed by atoms with van der Waals surface area (Å²) in [6.07, 6.45) is 0. The van der Waals surface area contributed by atoms with Crippen molar-refractivity contribution in [2.24, 2.45) is 5.73 Å². The molecule has 0 aliphatic rings. The average molecular weight is 257 g/mol. The van der Waals surface area contributed by atoms with Crippen LogP contribution in [0.3, 0.4) is 0 Å². The van der Waals surface area contributed by atoms with Gasteiger partial charge in [0.1, 0.15) is 5.82 Å². The largest absolute Gasteiger partial charge is 0.345 e. The Bertz CT molecular complexity index is 589. The number of H-pyrrole nitrogens is 1. The van der Waals surface area contributed by atoms with Gasteiger partial charge in [-0.15, -0.1) is 0 Å². The van der Waals surface area contributed by atoms with E-state index in [2.05, 4.69) is 55.9 Å². The molecule has 0 amide bonds. The van der Waals surface area contributed by atoms with Gasteiger partial charge in [0.05, 0.1) is 11.4 Å². The van der Waals surface area contributed by atoms with Crippen LogP contribution in [-0.4, -0.2) is 9.97 Å². The number of aryl methyl sites for hydroxylation is 2. The van der Waals surface area contributed by atoms with Gasteiger partial charge in [-0.2, -0.15) is 0 Å². The number of nitrogens with one attached hydrogen (secondary N) is 1. The number of hydrogen-bond acceptors (Lipinski definition) is 2. The Kier molecular flexibility index (Phi) is 3.50. The van der Waals surface area contributed by atoms with E-state index in [0.717, 1.165) is 17.2 Å². The third kappa shape index (κ3) is 2.71. The first-order valence-electron chi connectivity index (χ1n) is 6.70. The molecule has 0 fully saturated rings. The summed E-state index contributed by atoms with van der Waals surface area (Å²) in [6.45, 7) is 11.2. The molecule has 0 aliphatic heterocycles. The maximum absolute atomic E-state index is 5.80. The van der Waals surface area contributed by atoms with Crippen LogP contribution in [0.5, 0.6) is 0 Å². The molecule has 0 saturated carbocycles. The lowest BCUT2D eigenvalue weighted by Gasteiger charge is -2.20. The molecule has 19 heavy (non-hydrogen) atoms. The van der Waals surface area contributed by atoms with E-state index in [-0.39, 0.29) is 5.41 Å². The predicted molar refractivity (Wildman–Crippen MR) is 80.1 cm³/mol. The van der Waals surface area contributed by atoms with Gasteiger partial charge in [-0.3, -0.25) is 0 Å². The lowest BCUT2D eigenvalue weighted by Crippen LogP contribution is -2.11. The quantitative estimate of drug-likeness (QED) is 0.865. The van der Waals surface area contributed by atoms with Crippen molar-refractivity contribution >= 4 is 0 Å². The Hall–Kier alpha value is -1.61. The monoisotopic (exact) mass is 257 g/mol. The van der Waals surface area contributed by atoms with Gasteiger partial charge in [-0.1, -0.05) is 32.9 Å². The third-order valence-corrected chi connectivity index (χ3v) is 3.46. The molecule has 0 saturated heterocycles. The molecule has 0 bridgehead atoms.